The van der Waals surface area contributed by atoms with Crippen molar-refractivity contribution in [2.45, 2.75) is 71.1 Å². The first-order valence-electron chi connectivity index (χ1n) is 11.0. The van der Waals surface area contributed by atoms with Gasteiger partial charge in [0.2, 0.25) is 0 Å². The summed E-state index contributed by atoms with van der Waals surface area (Å²) < 4.78 is 32.1. The summed E-state index contributed by atoms with van der Waals surface area (Å²) in [6.45, 7) is 4.47. The Morgan fingerprint density at radius 3 is 1.74 bits per heavy atom. The van der Waals surface area contributed by atoms with Crippen LogP contribution < -0.4 is 0 Å². The number of rotatable bonds is 9. The quantitative estimate of drug-likeness (QED) is 0.364. The monoisotopic (exact) mass is 494 g/mol. The zero-order valence-corrected chi connectivity index (χ0v) is 20.3. The van der Waals surface area contributed by atoms with Gasteiger partial charge < -0.3 is 28.4 Å². The summed E-state index contributed by atoms with van der Waals surface area (Å²) in [5.41, 5.74) is 1.24. The molecule has 1 fully saturated rings. The predicted molar refractivity (Wildman–Crippen MR) is 118 cm³/mol. The third-order valence-corrected chi connectivity index (χ3v) is 5.18. The maximum absolute atomic E-state index is 11.9. The second kappa shape index (κ2) is 12.8. The van der Waals surface area contributed by atoms with Crippen molar-refractivity contribution in [1.82, 2.24) is 0 Å². The second-order valence-electron chi connectivity index (χ2n) is 7.96. The molecule has 2 rings (SSSR count). The first-order valence-corrected chi connectivity index (χ1v) is 11.0. The van der Waals surface area contributed by atoms with E-state index in [-0.39, 0.29) is 6.61 Å². The van der Waals surface area contributed by atoms with Crippen LogP contribution in [0.2, 0.25) is 0 Å². The van der Waals surface area contributed by atoms with Gasteiger partial charge in [-0.25, -0.2) is 4.79 Å². The Morgan fingerprint density at radius 2 is 1.26 bits per heavy atom. The van der Waals surface area contributed by atoms with Crippen molar-refractivity contribution in [1.29, 1.82) is 0 Å². The standard InChI is InChI=1S/C24H30O11/c1-13(25)31-12-20-22(33-15(3)27)23(34-16(4)28)21(32-14(2)26)19(35-20)11-8-17-6-9-18(10-7-17)24(29)30-5/h6-7,9-10,19-23H,8,11-12H2,1-5H3/t19-,20-,21+,22-,23-/m1/s1. The fourth-order valence-electron chi connectivity index (χ4n) is 3.78. The minimum absolute atomic E-state index is 0.276. The second-order valence-corrected chi connectivity index (χ2v) is 7.96. The van der Waals surface area contributed by atoms with Crippen molar-refractivity contribution in [3.63, 3.8) is 0 Å². The fourth-order valence-corrected chi connectivity index (χ4v) is 3.78. The lowest BCUT2D eigenvalue weighted by Crippen LogP contribution is -2.62. The minimum atomic E-state index is -1.19. The SMILES string of the molecule is COC(=O)c1ccc(CC[C@H]2O[C@H](COC(C)=O)[C@@H](OC(C)=O)[C@H](OC(C)=O)[C@H]2OC(C)=O)cc1. The fraction of sp³-hybridized carbons (Fsp3) is 0.542. The van der Waals surface area contributed by atoms with Gasteiger partial charge >= 0.3 is 29.8 Å². The highest BCUT2D eigenvalue weighted by Crippen LogP contribution is 2.31. The Balaban J connectivity index is 2.33. The van der Waals surface area contributed by atoms with E-state index in [0.717, 1.165) is 5.56 Å². The van der Waals surface area contributed by atoms with E-state index in [4.69, 9.17) is 28.4 Å². The third kappa shape index (κ3) is 8.36. The first-order chi connectivity index (χ1) is 16.5. The highest BCUT2D eigenvalue weighted by Gasteiger charge is 2.51. The van der Waals surface area contributed by atoms with Crippen LogP contribution in [0.1, 0.15) is 50.0 Å². The molecule has 0 aromatic heterocycles. The summed E-state index contributed by atoms with van der Waals surface area (Å²) in [6.07, 6.45) is -4.51. The van der Waals surface area contributed by atoms with Crippen molar-refractivity contribution in [2.75, 3.05) is 13.7 Å². The molecule has 0 radical (unpaired) electrons. The highest BCUT2D eigenvalue weighted by molar-refractivity contribution is 5.89. The Bertz CT molecular complexity index is 924. The molecule has 192 valence electrons. The molecule has 0 spiro atoms. The summed E-state index contributed by atoms with van der Waals surface area (Å²) in [7, 11) is 1.29. The maximum atomic E-state index is 11.9. The topological polar surface area (TPSA) is 141 Å². The van der Waals surface area contributed by atoms with Gasteiger partial charge in [0.25, 0.3) is 0 Å². The maximum Gasteiger partial charge on any atom is 0.337 e. The van der Waals surface area contributed by atoms with Gasteiger partial charge in [-0.15, -0.1) is 0 Å². The number of methoxy groups -OCH3 is 1. The molecule has 1 heterocycles. The average Bonchev–Trinajstić information content (AvgIpc) is 2.78. The molecule has 1 saturated heterocycles. The molecule has 11 nitrogen and oxygen atoms in total. The molecule has 1 aromatic rings. The zero-order chi connectivity index (χ0) is 26.1. The number of ether oxygens (including phenoxy) is 6. The van der Waals surface area contributed by atoms with E-state index in [1.807, 2.05) is 0 Å². The molecular weight excluding hydrogens is 464 g/mol. The molecule has 0 amide bonds. The molecule has 0 aliphatic carbocycles. The van der Waals surface area contributed by atoms with Crippen molar-refractivity contribution < 1.29 is 52.4 Å². The highest BCUT2D eigenvalue weighted by atomic mass is 16.7. The lowest BCUT2D eigenvalue weighted by molar-refractivity contribution is -0.253. The van der Waals surface area contributed by atoms with Crippen LogP contribution in [0, 0.1) is 0 Å². The zero-order valence-electron chi connectivity index (χ0n) is 20.3. The average molecular weight is 494 g/mol. The van der Waals surface area contributed by atoms with Crippen LogP contribution in [0.15, 0.2) is 24.3 Å². The summed E-state index contributed by atoms with van der Waals surface area (Å²) in [4.78, 5) is 58.6. The summed E-state index contributed by atoms with van der Waals surface area (Å²) in [5, 5.41) is 0. The van der Waals surface area contributed by atoms with Crippen molar-refractivity contribution in [3.8, 4) is 0 Å². The molecule has 5 atom stereocenters. The summed E-state index contributed by atoms with van der Waals surface area (Å²) in [6, 6.07) is 6.73. The smallest absolute Gasteiger partial charge is 0.337 e. The molecule has 1 aliphatic rings. The Kier molecular flexibility index (Phi) is 10.2. The largest absolute Gasteiger partial charge is 0.465 e. The Hall–Kier alpha value is -3.47. The van der Waals surface area contributed by atoms with Crippen molar-refractivity contribution in [2.24, 2.45) is 0 Å². The lowest BCUT2D eigenvalue weighted by Gasteiger charge is -2.44. The van der Waals surface area contributed by atoms with E-state index >= 15 is 0 Å². The predicted octanol–water partition coefficient (Wildman–Crippen LogP) is 1.53. The van der Waals surface area contributed by atoms with E-state index in [9.17, 15) is 24.0 Å². The Morgan fingerprint density at radius 1 is 0.743 bits per heavy atom. The summed E-state index contributed by atoms with van der Waals surface area (Å²) in [5.74, 6) is -3.06. The first kappa shape index (κ1) is 27.8. The minimum Gasteiger partial charge on any atom is -0.465 e. The van der Waals surface area contributed by atoms with Gasteiger partial charge in [0, 0.05) is 27.7 Å². The van der Waals surface area contributed by atoms with E-state index < -0.39 is 60.4 Å². The molecule has 35 heavy (non-hydrogen) atoms. The van der Waals surface area contributed by atoms with E-state index in [1.165, 1.54) is 34.8 Å². The number of carbonyl (C=O) groups excluding carboxylic acids is 5. The van der Waals surface area contributed by atoms with Gasteiger partial charge in [-0.3, -0.25) is 19.2 Å². The van der Waals surface area contributed by atoms with Gasteiger partial charge in [-0.2, -0.15) is 0 Å². The molecular formula is C24H30O11. The molecule has 0 unspecified atom stereocenters. The van der Waals surface area contributed by atoms with E-state index in [2.05, 4.69) is 0 Å². The van der Waals surface area contributed by atoms with Gasteiger partial charge in [0.15, 0.2) is 18.3 Å². The van der Waals surface area contributed by atoms with Crippen LogP contribution >= 0.6 is 0 Å². The number of aryl methyl sites for hydroxylation is 1. The van der Waals surface area contributed by atoms with Gasteiger partial charge in [0.1, 0.15) is 12.7 Å². The lowest BCUT2D eigenvalue weighted by atomic mass is 9.91. The van der Waals surface area contributed by atoms with E-state index in [1.54, 1.807) is 24.3 Å². The number of carbonyl (C=O) groups is 5. The van der Waals surface area contributed by atoms with Crippen LogP contribution in [0.5, 0.6) is 0 Å². The summed E-state index contributed by atoms with van der Waals surface area (Å²) >= 11 is 0. The number of hydrogen-bond acceptors (Lipinski definition) is 11. The Labute approximate surface area is 202 Å². The van der Waals surface area contributed by atoms with Gasteiger partial charge in [-0.05, 0) is 30.5 Å². The molecule has 0 bridgehead atoms. The van der Waals surface area contributed by atoms with Crippen molar-refractivity contribution in [3.05, 3.63) is 35.4 Å². The van der Waals surface area contributed by atoms with Crippen LogP contribution in [-0.2, 0) is 54.0 Å². The molecule has 11 heteroatoms. The molecule has 0 N–H and O–H groups in total. The molecule has 1 aromatic carbocycles. The number of esters is 5. The van der Waals surface area contributed by atoms with Crippen molar-refractivity contribution >= 4 is 29.8 Å². The molecule has 0 saturated carbocycles. The van der Waals surface area contributed by atoms with Crippen LogP contribution in [0.4, 0.5) is 0 Å². The number of hydrogen-bond donors (Lipinski definition) is 0. The molecule has 1 aliphatic heterocycles. The van der Waals surface area contributed by atoms with Crippen LogP contribution in [0.3, 0.4) is 0 Å². The van der Waals surface area contributed by atoms with Gasteiger partial charge in [-0.1, -0.05) is 12.1 Å². The van der Waals surface area contributed by atoms with Crippen LogP contribution in [0.25, 0.3) is 0 Å². The third-order valence-electron chi connectivity index (χ3n) is 5.18. The van der Waals surface area contributed by atoms with E-state index in [0.29, 0.717) is 18.4 Å². The van der Waals surface area contributed by atoms with Gasteiger partial charge in [0.05, 0.1) is 18.8 Å². The van der Waals surface area contributed by atoms with Crippen LogP contribution in [-0.4, -0.2) is 74.1 Å². The number of benzene rings is 1. The normalized spacial score (nSPS) is 23.5.